The van der Waals surface area contributed by atoms with Gasteiger partial charge in [-0.15, -0.1) is 0 Å². The second-order valence-corrected chi connectivity index (χ2v) is 14.8. The van der Waals surface area contributed by atoms with Gasteiger partial charge in [-0.2, -0.15) is 0 Å². The molecule has 4 aliphatic rings. The number of carbonyl (C=O) groups excluding carboxylic acids is 2. The molecule has 4 saturated carbocycles. The molecule has 9 atom stereocenters. The lowest BCUT2D eigenvalue weighted by atomic mass is 9.43. The third-order valence-corrected chi connectivity index (χ3v) is 12.9. The van der Waals surface area contributed by atoms with Crippen LogP contribution in [0.25, 0.3) is 5.57 Å². The monoisotopic (exact) mass is 578 g/mol. The van der Waals surface area contributed by atoms with Gasteiger partial charge in [-0.3, -0.25) is 9.59 Å². The molecule has 0 aromatic heterocycles. The molecule has 0 aliphatic heterocycles. The van der Waals surface area contributed by atoms with Gasteiger partial charge in [0.2, 0.25) is 0 Å². The summed E-state index contributed by atoms with van der Waals surface area (Å²) < 4.78 is 6.35. The van der Waals surface area contributed by atoms with Crippen molar-refractivity contribution in [3.8, 4) is 0 Å². The van der Waals surface area contributed by atoms with E-state index < -0.39 is 0 Å². The summed E-state index contributed by atoms with van der Waals surface area (Å²) in [5, 5.41) is 0. The van der Waals surface area contributed by atoms with Crippen molar-refractivity contribution < 1.29 is 14.3 Å². The Kier molecular flexibility index (Phi) is 8.31. The minimum atomic E-state index is -0.149. The summed E-state index contributed by atoms with van der Waals surface area (Å²) in [6.07, 6.45) is 13.6. The molecule has 0 heterocycles. The van der Waals surface area contributed by atoms with Crippen molar-refractivity contribution in [2.24, 2.45) is 46.3 Å². The van der Waals surface area contributed by atoms with Crippen LogP contribution in [0.3, 0.4) is 0 Å². The molecule has 4 fully saturated rings. The van der Waals surface area contributed by atoms with Crippen molar-refractivity contribution >= 4 is 17.3 Å². The molecule has 3 nitrogen and oxygen atoms in total. The van der Waals surface area contributed by atoms with Crippen molar-refractivity contribution in [3.05, 3.63) is 89.5 Å². The molecule has 6 rings (SSSR count). The number of hydrogen-bond donors (Lipinski definition) is 0. The van der Waals surface area contributed by atoms with Crippen LogP contribution in [0.4, 0.5) is 0 Å². The van der Waals surface area contributed by atoms with Crippen LogP contribution in [0.1, 0.15) is 97.1 Å². The zero-order valence-corrected chi connectivity index (χ0v) is 26.9. The Labute approximate surface area is 259 Å². The van der Waals surface area contributed by atoms with Gasteiger partial charge in [0.25, 0.3) is 0 Å². The number of ketones is 1. The smallest absolute Gasteiger partial charge is 0.302 e. The first-order valence-electron chi connectivity index (χ1n) is 16.8. The van der Waals surface area contributed by atoms with Gasteiger partial charge < -0.3 is 4.74 Å². The van der Waals surface area contributed by atoms with Gasteiger partial charge in [0, 0.05) is 18.3 Å². The minimum absolute atomic E-state index is 0.0687. The van der Waals surface area contributed by atoms with E-state index in [1.54, 1.807) is 13.8 Å². The van der Waals surface area contributed by atoms with Crippen LogP contribution in [0.15, 0.2) is 78.4 Å². The molecule has 0 bridgehead atoms. The van der Waals surface area contributed by atoms with Crippen LogP contribution >= 0.6 is 0 Å². The average molecular weight is 579 g/mol. The number of ether oxygens (including phenoxy) is 1. The predicted molar refractivity (Wildman–Crippen MR) is 174 cm³/mol. The topological polar surface area (TPSA) is 43.4 Å². The second-order valence-electron chi connectivity index (χ2n) is 14.8. The van der Waals surface area contributed by atoms with E-state index in [2.05, 4.69) is 93.6 Å². The Balaban J connectivity index is 1.33. The summed E-state index contributed by atoms with van der Waals surface area (Å²) >= 11 is 0. The van der Waals surface area contributed by atoms with Gasteiger partial charge in [-0.05, 0) is 117 Å². The molecule has 0 spiro atoms. The maximum atomic E-state index is 12.6. The summed E-state index contributed by atoms with van der Waals surface area (Å²) in [6, 6.07) is 21.3. The number of fused-ring (bicyclic) bond motifs is 5. The van der Waals surface area contributed by atoms with E-state index in [1.807, 2.05) is 0 Å². The number of esters is 1. The lowest BCUT2D eigenvalue weighted by molar-refractivity contribution is -0.190. The predicted octanol–water partition coefficient (Wildman–Crippen LogP) is 9.47. The Morgan fingerprint density at radius 1 is 0.767 bits per heavy atom. The molecule has 3 heteroatoms. The zero-order chi connectivity index (χ0) is 30.4. The van der Waals surface area contributed by atoms with Crippen molar-refractivity contribution in [1.82, 2.24) is 0 Å². The molecule has 9 unspecified atom stereocenters. The number of rotatable bonds is 6. The maximum absolute atomic E-state index is 12.6. The summed E-state index contributed by atoms with van der Waals surface area (Å²) in [5.74, 6) is 3.24. The first-order chi connectivity index (χ1) is 20.6. The standard InChI is InChI=1S/C40H50O3/c1-26(16-18-33(29-12-8-6-9-13-29)30-14-10-7-11-15-30)35-20-21-36-34-19-17-32-24-31(27(2)41)22-23-39(32,4)37(34)25-38(40(35,36)5)43-28(3)42/h6-16,18,31-32,34-38H,17,19-25H2,1-5H3. The molecular weight excluding hydrogens is 528 g/mol. The Morgan fingerprint density at radius 2 is 1.42 bits per heavy atom. The highest BCUT2D eigenvalue weighted by Gasteiger charge is 2.64. The number of allylic oxidation sites excluding steroid dienone is 3. The first-order valence-corrected chi connectivity index (χ1v) is 16.8. The fraction of sp³-hybridized carbons (Fsp3) is 0.550. The molecule has 2 aromatic carbocycles. The third kappa shape index (κ3) is 5.36. The van der Waals surface area contributed by atoms with E-state index in [-0.39, 0.29) is 28.8 Å². The van der Waals surface area contributed by atoms with E-state index in [1.165, 1.54) is 41.5 Å². The van der Waals surface area contributed by atoms with Crippen LogP contribution < -0.4 is 0 Å². The zero-order valence-electron chi connectivity index (χ0n) is 26.9. The molecule has 0 amide bonds. The first kappa shape index (κ1) is 30.1. The van der Waals surface area contributed by atoms with E-state index in [4.69, 9.17) is 4.74 Å². The summed E-state index contributed by atoms with van der Waals surface area (Å²) in [6.45, 7) is 10.7. The third-order valence-electron chi connectivity index (χ3n) is 12.9. The highest BCUT2D eigenvalue weighted by Crippen LogP contribution is 2.69. The average Bonchev–Trinajstić information content (AvgIpc) is 3.36. The fourth-order valence-electron chi connectivity index (χ4n) is 10.6. The minimum Gasteiger partial charge on any atom is -0.462 e. The SMILES string of the molecule is CC(=O)OC1CC2C(CCC3CC(C(C)=O)CCC32C)C2CCC(C(C)=CC=C(c3ccccc3)c3ccccc3)C12C. The maximum Gasteiger partial charge on any atom is 0.302 e. The summed E-state index contributed by atoms with van der Waals surface area (Å²) in [5.41, 5.74) is 5.23. The summed E-state index contributed by atoms with van der Waals surface area (Å²) in [4.78, 5) is 24.9. The van der Waals surface area contributed by atoms with Gasteiger partial charge in [-0.25, -0.2) is 0 Å². The van der Waals surface area contributed by atoms with Crippen LogP contribution in [-0.4, -0.2) is 17.9 Å². The van der Waals surface area contributed by atoms with Gasteiger partial charge in [0.1, 0.15) is 11.9 Å². The normalized spacial score (nSPS) is 37.0. The molecule has 43 heavy (non-hydrogen) atoms. The molecule has 2 aromatic rings. The van der Waals surface area contributed by atoms with Gasteiger partial charge in [0.05, 0.1) is 0 Å². The number of Topliss-reactive ketones (excluding diaryl/α,β-unsaturated/α-hetero) is 1. The highest BCUT2D eigenvalue weighted by molar-refractivity contribution is 5.81. The lowest BCUT2D eigenvalue weighted by Gasteiger charge is -2.62. The van der Waals surface area contributed by atoms with Crippen LogP contribution in [0, 0.1) is 46.3 Å². The van der Waals surface area contributed by atoms with Gasteiger partial charge in [0.15, 0.2) is 0 Å². The summed E-state index contributed by atoms with van der Waals surface area (Å²) in [7, 11) is 0. The number of hydrogen-bond acceptors (Lipinski definition) is 3. The quantitative estimate of drug-likeness (QED) is 0.253. The molecule has 0 N–H and O–H groups in total. The molecule has 4 aliphatic carbocycles. The molecule has 228 valence electrons. The van der Waals surface area contributed by atoms with Crippen molar-refractivity contribution in [3.63, 3.8) is 0 Å². The number of benzene rings is 2. The van der Waals surface area contributed by atoms with Gasteiger partial charge in [-0.1, -0.05) is 92.2 Å². The van der Waals surface area contributed by atoms with Crippen LogP contribution in [-0.2, 0) is 14.3 Å². The number of carbonyl (C=O) groups is 2. The Hall–Kier alpha value is -2.94. The highest BCUT2D eigenvalue weighted by atomic mass is 16.5. The second kappa shape index (κ2) is 11.9. The Bertz CT molecular complexity index is 1350. The van der Waals surface area contributed by atoms with Gasteiger partial charge >= 0.3 is 5.97 Å². The van der Waals surface area contributed by atoms with E-state index >= 15 is 0 Å². The Morgan fingerprint density at radius 3 is 2.02 bits per heavy atom. The lowest BCUT2D eigenvalue weighted by Crippen LogP contribution is -2.59. The molecule has 0 radical (unpaired) electrons. The fourth-order valence-corrected chi connectivity index (χ4v) is 10.6. The van der Waals surface area contributed by atoms with Crippen LogP contribution in [0.2, 0.25) is 0 Å². The largest absolute Gasteiger partial charge is 0.462 e. The van der Waals surface area contributed by atoms with E-state index in [0.29, 0.717) is 35.4 Å². The van der Waals surface area contributed by atoms with E-state index in [0.717, 1.165) is 32.1 Å². The molecular formula is C40H50O3. The van der Waals surface area contributed by atoms with E-state index in [9.17, 15) is 9.59 Å². The van der Waals surface area contributed by atoms with Crippen molar-refractivity contribution in [2.75, 3.05) is 0 Å². The molecule has 0 saturated heterocycles. The van der Waals surface area contributed by atoms with Crippen molar-refractivity contribution in [2.45, 2.75) is 92.1 Å². The van der Waals surface area contributed by atoms with Crippen molar-refractivity contribution in [1.29, 1.82) is 0 Å². The van der Waals surface area contributed by atoms with Crippen LogP contribution in [0.5, 0.6) is 0 Å².